The number of nitrogens with zero attached hydrogens (tertiary/aromatic N) is 2. The third-order valence-corrected chi connectivity index (χ3v) is 4.82. The summed E-state index contributed by atoms with van der Waals surface area (Å²) in [5.41, 5.74) is 0.730. The number of aromatic hydroxyl groups is 1. The van der Waals surface area contributed by atoms with Crippen LogP contribution in [-0.2, 0) is 4.79 Å². The molecule has 0 aliphatic carbocycles. The highest BCUT2D eigenvalue weighted by Gasteiger charge is 2.25. The van der Waals surface area contributed by atoms with Crippen molar-refractivity contribution in [2.75, 3.05) is 14.2 Å². The number of nitrogens with one attached hydrogen (secondary N) is 1. The van der Waals surface area contributed by atoms with E-state index >= 15 is 0 Å². The van der Waals surface area contributed by atoms with E-state index in [1.807, 2.05) is 0 Å². The fourth-order valence-electron chi connectivity index (χ4n) is 3.03. The highest BCUT2D eigenvalue weighted by Crippen LogP contribution is 2.32. The molecule has 31 heavy (non-hydrogen) atoms. The number of carboxylic acid groups (broad SMARTS) is 1. The number of halogens is 1. The van der Waals surface area contributed by atoms with Gasteiger partial charge in [0, 0.05) is 17.7 Å². The predicted molar refractivity (Wildman–Crippen MR) is 112 cm³/mol. The summed E-state index contributed by atoms with van der Waals surface area (Å²) in [6, 6.07) is 11.8. The van der Waals surface area contributed by atoms with Crippen molar-refractivity contribution in [2.24, 2.45) is 0 Å². The number of carboxylic acids is 1. The summed E-state index contributed by atoms with van der Waals surface area (Å²) >= 11 is 6.14. The Morgan fingerprint density at radius 1 is 1.16 bits per heavy atom. The van der Waals surface area contributed by atoms with Crippen LogP contribution in [0.1, 0.15) is 28.5 Å². The molecule has 0 saturated heterocycles. The maximum atomic E-state index is 12.8. The smallest absolute Gasteiger partial charge is 0.305 e. The van der Waals surface area contributed by atoms with Gasteiger partial charge in [-0.2, -0.15) is 9.78 Å². The molecule has 3 rings (SSSR count). The molecule has 1 amide bonds. The average molecular weight is 446 g/mol. The second kappa shape index (κ2) is 9.40. The number of rotatable bonds is 8. The van der Waals surface area contributed by atoms with Crippen molar-refractivity contribution in [1.29, 1.82) is 0 Å². The Morgan fingerprint density at radius 3 is 2.55 bits per heavy atom. The van der Waals surface area contributed by atoms with E-state index in [0.717, 1.165) is 4.68 Å². The van der Waals surface area contributed by atoms with Gasteiger partial charge in [0.1, 0.15) is 11.5 Å². The minimum absolute atomic E-state index is 0.111. The molecule has 1 atom stereocenters. The van der Waals surface area contributed by atoms with Crippen molar-refractivity contribution in [3.05, 3.63) is 64.8 Å². The van der Waals surface area contributed by atoms with E-state index in [9.17, 15) is 19.8 Å². The molecule has 0 aliphatic rings. The normalized spacial score (nSPS) is 11.6. The molecule has 9 nitrogen and oxygen atoms in total. The highest BCUT2D eigenvalue weighted by molar-refractivity contribution is 6.32. The first-order valence-electron chi connectivity index (χ1n) is 9.12. The van der Waals surface area contributed by atoms with Gasteiger partial charge >= 0.3 is 5.97 Å². The van der Waals surface area contributed by atoms with Crippen molar-refractivity contribution in [3.8, 4) is 23.1 Å². The summed E-state index contributed by atoms with van der Waals surface area (Å²) in [7, 11) is 2.92. The number of aliphatic carboxylic acids is 1. The van der Waals surface area contributed by atoms with Crippen LogP contribution < -0.4 is 14.8 Å². The molecule has 0 aliphatic heterocycles. The number of carbonyl (C=O) groups excluding carboxylic acids is 1. The van der Waals surface area contributed by atoms with Crippen LogP contribution in [0.3, 0.4) is 0 Å². The molecule has 0 radical (unpaired) electrons. The molecule has 3 N–H and O–H groups in total. The number of benzene rings is 2. The molecule has 0 fully saturated rings. The maximum absolute atomic E-state index is 12.8. The van der Waals surface area contributed by atoms with Gasteiger partial charge in [-0.15, -0.1) is 0 Å². The first kappa shape index (κ1) is 22.0. The molecule has 1 aromatic heterocycles. The van der Waals surface area contributed by atoms with Crippen molar-refractivity contribution in [3.63, 3.8) is 0 Å². The van der Waals surface area contributed by atoms with Crippen LogP contribution in [0.5, 0.6) is 17.4 Å². The van der Waals surface area contributed by atoms with Crippen molar-refractivity contribution < 1.29 is 29.3 Å². The van der Waals surface area contributed by atoms with Crippen LogP contribution in [0.2, 0.25) is 5.02 Å². The van der Waals surface area contributed by atoms with Crippen molar-refractivity contribution in [2.45, 2.75) is 12.5 Å². The van der Waals surface area contributed by atoms with Gasteiger partial charge in [-0.3, -0.25) is 9.59 Å². The van der Waals surface area contributed by atoms with Gasteiger partial charge in [-0.25, -0.2) is 0 Å². The molecule has 0 spiro atoms. The lowest BCUT2D eigenvalue weighted by Gasteiger charge is -2.20. The lowest BCUT2D eigenvalue weighted by atomic mass is 10.0. The van der Waals surface area contributed by atoms with Gasteiger partial charge in [-0.05, 0) is 24.3 Å². The van der Waals surface area contributed by atoms with Gasteiger partial charge < -0.3 is 25.0 Å². The summed E-state index contributed by atoms with van der Waals surface area (Å²) in [6.07, 6.45) is -0.397. The standard InChI is InChI=1S/C21H20ClN3O6/c1-30-12-7-8-13(18(9-12)31-2)15(11-20(27)28)23-21(29)16-10-19(26)25(24-16)17-6-4-3-5-14(17)22/h3-10,15,26H,11H2,1-2H3,(H,23,29)(H,27,28). The molecule has 0 bridgehead atoms. The Morgan fingerprint density at radius 2 is 1.90 bits per heavy atom. The summed E-state index contributed by atoms with van der Waals surface area (Å²) in [4.78, 5) is 24.2. The minimum Gasteiger partial charge on any atom is -0.497 e. The fourth-order valence-corrected chi connectivity index (χ4v) is 3.25. The molecule has 2 aromatic carbocycles. The van der Waals surface area contributed by atoms with Gasteiger partial charge in [0.05, 0.1) is 37.4 Å². The number of ether oxygens (including phenoxy) is 2. The zero-order valence-corrected chi connectivity index (χ0v) is 17.5. The van der Waals surface area contributed by atoms with E-state index in [1.165, 1.54) is 20.3 Å². The molecular formula is C21H20ClN3O6. The third kappa shape index (κ3) is 4.89. The Kier molecular flexibility index (Phi) is 6.66. The van der Waals surface area contributed by atoms with Crippen LogP contribution in [-0.4, -0.2) is 46.1 Å². The predicted octanol–water partition coefficient (Wildman–Crippen LogP) is 3.19. The molecule has 1 unspecified atom stereocenters. The molecule has 162 valence electrons. The van der Waals surface area contributed by atoms with Gasteiger partial charge in [-0.1, -0.05) is 23.7 Å². The fraction of sp³-hybridized carbons (Fsp3) is 0.190. The first-order chi connectivity index (χ1) is 14.8. The molecule has 3 aromatic rings. The Balaban J connectivity index is 1.91. The van der Waals surface area contributed by atoms with Crippen LogP contribution in [0.4, 0.5) is 0 Å². The number of amides is 1. The lowest BCUT2D eigenvalue weighted by Crippen LogP contribution is -2.31. The quantitative estimate of drug-likeness (QED) is 0.486. The highest BCUT2D eigenvalue weighted by atomic mass is 35.5. The monoisotopic (exact) mass is 445 g/mol. The maximum Gasteiger partial charge on any atom is 0.305 e. The second-order valence-corrected chi connectivity index (χ2v) is 6.89. The Hall–Kier alpha value is -3.72. The largest absolute Gasteiger partial charge is 0.497 e. The number of hydrogen-bond acceptors (Lipinski definition) is 6. The summed E-state index contributed by atoms with van der Waals surface area (Å²) < 4.78 is 11.6. The molecular weight excluding hydrogens is 426 g/mol. The van der Waals surface area contributed by atoms with E-state index in [2.05, 4.69) is 10.4 Å². The summed E-state index contributed by atoms with van der Waals surface area (Å²) in [5.74, 6) is -1.22. The topological polar surface area (TPSA) is 123 Å². The van der Waals surface area contributed by atoms with Crippen LogP contribution >= 0.6 is 11.6 Å². The number of aromatic nitrogens is 2. The number of para-hydroxylation sites is 1. The third-order valence-electron chi connectivity index (χ3n) is 4.50. The van der Waals surface area contributed by atoms with Gasteiger partial charge in [0.15, 0.2) is 5.69 Å². The molecule has 0 saturated carbocycles. The zero-order valence-electron chi connectivity index (χ0n) is 16.7. The number of carbonyl (C=O) groups is 2. The van der Waals surface area contributed by atoms with Crippen LogP contribution in [0.15, 0.2) is 48.5 Å². The van der Waals surface area contributed by atoms with Gasteiger partial charge in [0.25, 0.3) is 5.91 Å². The van der Waals surface area contributed by atoms with E-state index in [4.69, 9.17) is 21.1 Å². The summed E-state index contributed by atoms with van der Waals surface area (Å²) in [5, 5.41) is 26.6. The number of hydrogen-bond donors (Lipinski definition) is 3. The van der Waals surface area contributed by atoms with Crippen molar-refractivity contribution in [1.82, 2.24) is 15.1 Å². The molecule has 1 heterocycles. The van der Waals surface area contributed by atoms with E-state index in [1.54, 1.807) is 42.5 Å². The molecule has 10 heteroatoms. The second-order valence-electron chi connectivity index (χ2n) is 6.48. The SMILES string of the molecule is COc1ccc(C(CC(=O)O)NC(=O)c2cc(O)n(-c3ccccc3Cl)n2)c(OC)c1. The van der Waals surface area contributed by atoms with Gasteiger partial charge in [0.2, 0.25) is 5.88 Å². The van der Waals surface area contributed by atoms with Crippen LogP contribution in [0.25, 0.3) is 5.69 Å². The van der Waals surface area contributed by atoms with E-state index < -0.39 is 24.3 Å². The zero-order chi connectivity index (χ0) is 22.5. The lowest BCUT2D eigenvalue weighted by molar-refractivity contribution is -0.137. The van der Waals surface area contributed by atoms with E-state index in [0.29, 0.717) is 27.8 Å². The van der Waals surface area contributed by atoms with Crippen LogP contribution in [0, 0.1) is 0 Å². The summed E-state index contributed by atoms with van der Waals surface area (Å²) in [6.45, 7) is 0. The minimum atomic E-state index is -1.12. The Bertz CT molecular complexity index is 1110. The van der Waals surface area contributed by atoms with E-state index in [-0.39, 0.29) is 11.6 Å². The van der Waals surface area contributed by atoms with Crippen molar-refractivity contribution >= 4 is 23.5 Å². The Labute approximate surface area is 182 Å². The average Bonchev–Trinajstić information content (AvgIpc) is 3.14. The number of methoxy groups -OCH3 is 2. The first-order valence-corrected chi connectivity index (χ1v) is 9.50.